The van der Waals surface area contributed by atoms with Crippen LogP contribution >= 0.6 is 0 Å². The first kappa shape index (κ1) is 18.1. The van der Waals surface area contributed by atoms with Gasteiger partial charge in [-0.15, -0.1) is 0 Å². The Morgan fingerprint density at radius 1 is 0.960 bits per heavy atom. The number of rotatable bonds is 7. The van der Waals surface area contributed by atoms with Crippen LogP contribution in [-0.2, 0) is 9.47 Å². The first-order valence-corrected chi connectivity index (χ1v) is 7.75. The molecule has 0 aliphatic carbocycles. The van der Waals surface area contributed by atoms with Gasteiger partial charge >= 0.3 is 11.9 Å². The van der Waals surface area contributed by atoms with E-state index < -0.39 is 17.5 Å². The number of ether oxygens (including phenoxy) is 2. The second-order valence-corrected chi connectivity index (χ2v) is 4.86. The van der Waals surface area contributed by atoms with Gasteiger partial charge in [-0.1, -0.05) is 18.2 Å². The van der Waals surface area contributed by atoms with E-state index in [9.17, 15) is 14.4 Å². The second-order valence-electron chi connectivity index (χ2n) is 4.86. The molecule has 0 bridgehead atoms. The summed E-state index contributed by atoms with van der Waals surface area (Å²) in [5.41, 5.74) is 5.38. The summed E-state index contributed by atoms with van der Waals surface area (Å²) >= 11 is 0. The van der Waals surface area contributed by atoms with Crippen LogP contribution in [0.25, 0.3) is 0 Å². The monoisotopic (exact) mass is 345 g/mol. The molecule has 1 aromatic heterocycles. The van der Waals surface area contributed by atoms with Crippen LogP contribution in [0.2, 0.25) is 0 Å². The Morgan fingerprint density at radius 2 is 1.56 bits per heavy atom. The van der Waals surface area contributed by atoms with Crippen molar-refractivity contribution in [3.63, 3.8) is 0 Å². The SMILES string of the molecule is CCOC(=O)c1cc(C(=O)OCC)c(=O)[nH]c1NNc1ccccc1. The minimum Gasteiger partial charge on any atom is -0.462 e. The third kappa shape index (κ3) is 4.60. The number of hydrazine groups is 1. The summed E-state index contributed by atoms with van der Waals surface area (Å²) in [5, 5.41) is 0. The van der Waals surface area contributed by atoms with Crippen molar-refractivity contribution in [2.45, 2.75) is 13.8 Å². The summed E-state index contributed by atoms with van der Waals surface area (Å²) in [4.78, 5) is 38.6. The zero-order valence-electron chi connectivity index (χ0n) is 13.9. The van der Waals surface area contributed by atoms with Gasteiger partial charge in [0.1, 0.15) is 16.9 Å². The van der Waals surface area contributed by atoms with Gasteiger partial charge < -0.3 is 14.5 Å². The standard InChI is InChI=1S/C17H19N3O5/c1-3-24-16(22)12-10-13(17(23)25-4-2)15(21)18-14(12)20-19-11-8-6-5-7-9-11/h5-10,19H,3-4H2,1-2H3,(H2,18,20,21). The quantitative estimate of drug-likeness (QED) is 0.521. The van der Waals surface area contributed by atoms with Crippen molar-refractivity contribution in [3.05, 3.63) is 57.9 Å². The number of H-pyrrole nitrogens is 1. The van der Waals surface area contributed by atoms with E-state index in [1.807, 2.05) is 18.2 Å². The van der Waals surface area contributed by atoms with E-state index in [0.29, 0.717) is 5.69 Å². The highest BCUT2D eigenvalue weighted by Gasteiger charge is 2.20. The van der Waals surface area contributed by atoms with Crippen molar-refractivity contribution in [3.8, 4) is 0 Å². The highest BCUT2D eigenvalue weighted by atomic mass is 16.5. The van der Waals surface area contributed by atoms with Crippen molar-refractivity contribution in [1.29, 1.82) is 0 Å². The number of aromatic amines is 1. The molecule has 1 heterocycles. The molecule has 0 saturated carbocycles. The van der Waals surface area contributed by atoms with Crippen LogP contribution in [0.15, 0.2) is 41.2 Å². The summed E-state index contributed by atoms with van der Waals surface area (Å²) in [5.74, 6) is -1.40. The number of carbonyl (C=O) groups excluding carboxylic acids is 2. The molecule has 1 aromatic carbocycles. The molecule has 8 heteroatoms. The van der Waals surface area contributed by atoms with Crippen LogP contribution in [0.5, 0.6) is 0 Å². The van der Waals surface area contributed by atoms with E-state index in [-0.39, 0.29) is 30.2 Å². The molecule has 2 rings (SSSR count). The van der Waals surface area contributed by atoms with Gasteiger partial charge in [-0.05, 0) is 32.0 Å². The fourth-order valence-electron chi connectivity index (χ4n) is 2.02. The average Bonchev–Trinajstić information content (AvgIpc) is 2.61. The molecule has 8 nitrogen and oxygen atoms in total. The molecule has 25 heavy (non-hydrogen) atoms. The predicted molar refractivity (Wildman–Crippen MR) is 92.7 cm³/mol. The van der Waals surface area contributed by atoms with Gasteiger partial charge in [0.2, 0.25) is 0 Å². The molecule has 0 saturated heterocycles. The lowest BCUT2D eigenvalue weighted by Crippen LogP contribution is -2.25. The fourth-order valence-corrected chi connectivity index (χ4v) is 2.02. The van der Waals surface area contributed by atoms with E-state index in [1.54, 1.807) is 26.0 Å². The summed E-state index contributed by atoms with van der Waals surface area (Å²) in [6.07, 6.45) is 0. The van der Waals surface area contributed by atoms with Crippen LogP contribution in [0.1, 0.15) is 34.6 Å². The van der Waals surface area contributed by atoms with Gasteiger partial charge in [0, 0.05) is 0 Å². The van der Waals surface area contributed by atoms with E-state index >= 15 is 0 Å². The number of esters is 2. The molecule has 3 N–H and O–H groups in total. The number of nitrogens with one attached hydrogen (secondary N) is 3. The molecule has 0 aliphatic rings. The molecule has 2 aromatic rings. The number of aromatic nitrogens is 1. The van der Waals surface area contributed by atoms with Crippen LogP contribution in [0.3, 0.4) is 0 Å². The smallest absolute Gasteiger partial charge is 0.343 e. The van der Waals surface area contributed by atoms with Crippen LogP contribution in [-0.4, -0.2) is 30.1 Å². The summed E-state index contributed by atoms with van der Waals surface area (Å²) in [6, 6.07) is 10.2. The molecule has 0 atom stereocenters. The Balaban J connectivity index is 2.36. The molecule has 0 amide bonds. The number of anilines is 2. The largest absolute Gasteiger partial charge is 0.462 e. The zero-order valence-corrected chi connectivity index (χ0v) is 13.9. The first-order valence-electron chi connectivity index (χ1n) is 7.75. The predicted octanol–water partition coefficient (Wildman–Crippen LogP) is 2.17. The maximum Gasteiger partial charge on any atom is 0.343 e. The van der Waals surface area contributed by atoms with Crippen LogP contribution in [0.4, 0.5) is 11.5 Å². The highest BCUT2D eigenvalue weighted by Crippen LogP contribution is 2.15. The summed E-state index contributed by atoms with van der Waals surface area (Å²) in [6.45, 7) is 3.55. The van der Waals surface area contributed by atoms with Gasteiger partial charge in [-0.2, -0.15) is 0 Å². The average molecular weight is 345 g/mol. The molecular formula is C17H19N3O5. The van der Waals surface area contributed by atoms with Crippen molar-refractivity contribution in [2.75, 3.05) is 24.1 Å². The Morgan fingerprint density at radius 3 is 2.16 bits per heavy atom. The van der Waals surface area contributed by atoms with E-state index in [4.69, 9.17) is 9.47 Å². The molecular weight excluding hydrogens is 326 g/mol. The van der Waals surface area contributed by atoms with Crippen molar-refractivity contribution in [1.82, 2.24) is 4.98 Å². The minimum absolute atomic E-state index is 0.00735. The van der Waals surface area contributed by atoms with Gasteiger partial charge in [0.25, 0.3) is 5.56 Å². The van der Waals surface area contributed by atoms with Crippen molar-refractivity contribution >= 4 is 23.4 Å². The lowest BCUT2D eigenvalue weighted by molar-refractivity contribution is 0.0523. The lowest BCUT2D eigenvalue weighted by Gasteiger charge is -2.14. The topological polar surface area (TPSA) is 110 Å². The Labute approximate surface area is 144 Å². The molecule has 0 unspecified atom stereocenters. The van der Waals surface area contributed by atoms with Gasteiger partial charge in [-0.25, -0.2) is 9.59 Å². The van der Waals surface area contributed by atoms with E-state index in [0.717, 1.165) is 6.07 Å². The highest BCUT2D eigenvalue weighted by molar-refractivity contribution is 5.98. The van der Waals surface area contributed by atoms with Crippen LogP contribution < -0.4 is 16.4 Å². The van der Waals surface area contributed by atoms with E-state index in [2.05, 4.69) is 15.8 Å². The molecule has 0 aliphatic heterocycles. The van der Waals surface area contributed by atoms with Crippen LogP contribution in [0, 0.1) is 0 Å². The normalized spacial score (nSPS) is 10.0. The van der Waals surface area contributed by atoms with Gasteiger partial charge in [0.15, 0.2) is 0 Å². The second kappa shape index (κ2) is 8.53. The maximum absolute atomic E-state index is 12.2. The number of hydrogen-bond acceptors (Lipinski definition) is 7. The third-order valence-corrected chi connectivity index (χ3v) is 3.14. The first-order chi connectivity index (χ1) is 12.1. The molecule has 0 fully saturated rings. The molecule has 0 radical (unpaired) electrons. The fraction of sp³-hybridized carbons (Fsp3) is 0.235. The summed E-state index contributed by atoms with van der Waals surface area (Å²) < 4.78 is 9.80. The number of pyridine rings is 1. The number of carbonyl (C=O) groups is 2. The summed E-state index contributed by atoms with van der Waals surface area (Å²) in [7, 11) is 0. The molecule has 132 valence electrons. The van der Waals surface area contributed by atoms with Gasteiger partial charge in [0.05, 0.1) is 18.9 Å². The minimum atomic E-state index is -0.808. The Bertz CT molecular complexity index is 802. The third-order valence-electron chi connectivity index (χ3n) is 3.14. The Hall–Kier alpha value is -3.29. The molecule has 0 spiro atoms. The van der Waals surface area contributed by atoms with E-state index in [1.165, 1.54) is 0 Å². The lowest BCUT2D eigenvalue weighted by atomic mass is 10.2. The number of hydrogen-bond donors (Lipinski definition) is 3. The Kier molecular flexibility index (Phi) is 6.16. The number of benzene rings is 1. The number of para-hydroxylation sites is 1. The van der Waals surface area contributed by atoms with Crippen molar-refractivity contribution < 1.29 is 19.1 Å². The maximum atomic E-state index is 12.2. The zero-order chi connectivity index (χ0) is 18.2. The van der Waals surface area contributed by atoms with Crippen molar-refractivity contribution in [2.24, 2.45) is 0 Å². The van der Waals surface area contributed by atoms with Gasteiger partial charge in [-0.3, -0.25) is 15.6 Å².